The van der Waals surface area contributed by atoms with Crippen LogP contribution in [0.15, 0.2) is 53.1 Å². The fourth-order valence-corrected chi connectivity index (χ4v) is 7.04. The standard InChI is InChI=1S/C32H42BrN3O/c1-22-6-5-9-25(16-22)28(18-32(37)35-27-13-10-23(19-34)11-14-27)30-21-36(20-24-7-3-2-4-8-24)31-15-12-26(33)17-29(30)31/h5-6,9,12,15-17,21,23-24,27-28H,2-4,7-8,10-11,13-14,18-20,34H2,1H3,(H,35,37). The minimum atomic E-state index is 0.0182. The zero-order valence-electron chi connectivity index (χ0n) is 22.2. The number of carbonyl (C=O) groups is 1. The predicted octanol–water partition coefficient (Wildman–Crippen LogP) is 7.45. The van der Waals surface area contributed by atoms with Crippen LogP contribution >= 0.6 is 15.9 Å². The van der Waals surface area contributed by atoms with Crippen molar-refractivity contribution in [1.29, 1.82) is 0 Å². The van der Waals surface area contributed by atoms with E-state index in [1.165, 1.54) is 59.7 Å². The Labute approximate surface area is 230 Å². The average molecular weight is 565 g/mol. The summed E-state index contributed by atoms with van der Waals surface area (Å²) in [5, 5.41) is 4.64. The SMILES string of the molecule is Cc1cccc(C(CC(=O)NC2CCC(CN)CC2)c2cn(CC3CCCCC3)c3ccc(Br)cc23)c1. The van der Waals surface area contributed by atoms with Crippen molar-refractivity contribution in [1.82, 2.24) is 9.88 Å². The minimum absolute atomic E-state index is 0.0182. The molecule has 37 heavy (non-hydrogen) atoms. The zero-order valence-corrected chi connectivity index (χ0v) is 23.8. The highest BCUT2D eigenvalue weighted by Gasteiger charge is 2.27. The molecule has 0 radical (unpaired) electrons. The maximum absolute atomic E-state index is 13.5. The molecular weight excluding hydrogens is 522 g/mol. The first-order valence-corrected chi connectivity index (χ1v) is 15.1. The van der Waals surface area contributed by atoms with Gasteiger partial charge in [-0.15, -0.1) is 0 Å². The highest BCUT2D eigenvalue weighted by Crippen LogP contribution is 2.38. The second-order valence-corrected chi connectivity index (χ2v) is 12.5. The van der Waals surface area contributed by atoms with Crippen LogP contribution in [0, 0.1) is 18.8 Å². The Morgan fingerprint density at radius 3 is 2.54 bits per heavy atom. The van der Waals surface area contributed by atoms with E-state index in [1.54, 1.807) is 0 Å². The molecule has 5 heteroatoms. The number of aryl methyl sites for hydroxylation is 1. The largest absolute Gasteiger partial charge is 0.353 e. The van der Waals surface area contributed by atoms with E-state index in [1.807, 2.05) is 0 Å². The minimum Gasteiger partial charge on any atom is -0.353 e. The van der Waals surface area contributed by atoms with Crippen molar-refractivity contribution in [3.63, 3.8) is 0 Å². The molecule has 1 heterocycles. The lowest BCUT2D eigenvalue weighted by Crippen LogP contribution is -2.39. The molecule has 2 fully saturated rings. The molecule has 1 atom stereocenters. The van der Waals surface area contributed by atoms with Crippen molar-refractivity contribution in [3.05, 3.63) is 69.8 Å². The summed E-state index contributed by atoms with van der Waals surface area (Å²) < 4.78 is 3.56. The third-order valence-electron chi connectivity index (χ3n) is 8.81. The lowest BCUT2D eigenvalue weighted by atomic mass is 9.85. The van der Waals surface area contributed by atoms with E-state index in [4.69, 9.17) is 5.73 Å². The van der Waals surface area contributed by atoms with Crippen molar-refractivity contribution in [2.24, 2.45) is 17.6 Å². The number of hydrogen-bond donors (Lipinski definition) is 2. The summed E-state index contributed by atoms with van der Waals surface area (Å²) in [6.07, 6.45) is 13.9. The number of hydrogen-bond acceptors (Lipinski definition) is 2. The summed E-state index contributed by atoms with van der Waals surface area (Å²) in [6, 6.07) is 15.6. The van der Waals surface area contributed by atoms with Crippen LogP contribution in [0.3, 0.4) is 0 Å². The Morgan fingerprint density at radius 1 is 1.03 bits per heavy atom. The average Bonchev–Trinajstić information content (AvgIpc) is 3.25. The molecule has 1 unspecified atom stereocenters. The van der Waals surface area contributed by atoms with Gasteiger partial charge in [-0.2, -0.15) is 0 Å². The van der Waals surface area contributed by atoms with Crippen LogP contribution in [0.25, 0.3) is 10.9 Å². The van der Waals surface area contributed by atoms with E-state index in [0.717, 1.165) is 49.2 Å². The third kappa shape index (κ3) is 6.49. The number of benzene rings is 2. The van der Waals surface area contributed by atoms with Gasteiger partial charge in [-0.3, -0.25) is 4.79 Å². The Morgan fingerprint density at radius 2 is 1.81 bits per heavy atom. The quantitative estimate of drug-likeness (QED) is 0.299. The molecular formula is C32H42BrN3O. The van der Waals surface area contributed by atoms with Gasteiger partial charge in [0.15, 0.2) is 0 Å². The number of rotatable bonds is 8. The fourth-order valence-electron chi connectivity index (χ4n) is 6.68. The van der Waals surface area contributed by atoms with Gasteiger partial charge < -0.3 is 15.6 Å². The summed E-state index contributed by atoms with van der Waals surface area (Å²) in [5.41, 5.74) is 10.9. The Balaban J connectivity index is 1.45. The molecule has 0 bridgehead atoms. The van der Waals surface area contributed by atoms with Gasteiger partial charge in [0.1, 0.15) is 0 Å². The number of nitrogens with one attached hydrogen (secondary N) is 1. The molecule has 198 valence electrons. The van der Waals surface area contributed by atoms with Crippen LogP contribution in [0.2, 0.25) is 0 Å². The Hall–Kier alpha value is -2.11. The summed E-state index contributed by atoms with van der Waals surface area (Å²) in [5.74, 6) is 1.53. The smallest absolute Gasteiger partial charge is 0.221 e. The van der Waals surface area contributed by atoms with Gasteiger partial charge in [-0.1, -0.05) is 65.0 Å². The van der Waals surface area contributed by atoms with Crippen molar-refractivity contribution >= 4 is 32.7 Å². The van der Waals surface area contributed by atoms with Crippen LogP contribution in [-0.4, -0.2) is 23.1 Å². The lowest BCUT2D eigenvalue weighted by molar-refractivity contribution is -0.122. The van der Waals surface area contributed by atoms with Crippen LogP contribution in [0.5, 0.6) is 0 Å². The van der Waals surface area contributed by atoms with Gasteiger partial charge in [0.25, 0.3) is 0 Å². The first kappa shape index (κ1) is 26.5. The molecule has 5 rings (SSSR count). The number of carbonyl (C=O) groups excluding carboxylic acids is 1. The molecule has 2 aliphatic carbocycles. The molecule has 2 aliphatic rings. The van der Waals surface area contributed by atoms with Crippen LogP contribution in [0.4, 0.5) is 0 Å². The highest BCUT2D eigenvalue weighted by molar-refractivity contribution is 9.10. The molecule has 4 nitrogen and oxygen atoms in total. The maximum atomic E-state index is 13.5. The normalized spacial score (nSPS) is 21.7. The van der Waals surface area contributed by atoms with Crippen LogP contribution in [0.1, 0.15) is 86.8 Å². The van der Waals surface area contributed by atoms with E-state index >= 15 is 0 Å². The van der Waals surface area contributed by atoms with Crippen molar-refractivity contribution in [3.8, 4) is 0 Å². The summed E-state index contributed by atoms with van der Waals surface area (Å²) >= 11 is 3.72. The Kier molecular flexibility index (Phi) is 8.71. The van der Waals surface area contributed by atoms with Gasteiger partial charge in [0, 0.05) is 46.5 Å². The molecule has 2 saturated carbocycles. The van der Waals surface area contributed by atoms with Crippen LogP contribution < -0.4 is 11.1 Å². The lowest BCUT2D eigenvalue weighted by Gasteiger charge is -2.29. The fraction of sp³-hybridized carbons (Fsp3) is 0.531. The number of nitrogens with zero attached hydrogens (tertiary/aromatic N) is 1. The van der Waals surface area contributed by atoms with E-state index < -0.39 is 0 Å². The number of nitrogens with two attached hydrogens (primary N) is 1. The van der Waals surface area contributed by atoms with E-state index in [2.05, 4.69) is 81.4 Å². The van der Waals surface area contributed by atoms with Gasteiger partial charge >= 0.3 is 0 Å². The molecule has 2 aromatic carbocycles. The molecule has 1 amide bonds. The molecule has 0 saturated heterocycles. The molecule has 3 N–H and O–H groups in total. The topological polar surface area (TPSA) is 60.1 Å². The summed E-state index contributed by atoms with van der Waals surface area (Å²) in [6.45, 7) is 3.96. The molecule has 3 aromatic rings. The predicted molar refractivity (Wildman–Crippen MR) is 157 cm³/mol. The number of halogens is 1. The number of fused-ring (bicyclic) bond motifs is 1. The van der Waals surface area contributed by atoms with Crippen LogP contribution in [-0.2, 0) is 11.3 Å². The first-order valence-electron chi connectivity index (χ1n) is 14.3. The van der Waals surface area contributed by atoms with Gasteiger partial charge in [-0.05, 0) is 93.2 Å². The van der Waals surface area contributed by atoms with E-state index in [-0.39, 0.29) is 17.9 Å². The molecule has 0 spiro atoms. The zero-order chi connectivity index (χ0) is 25.8. The van der Waals surface area contributed by atoms with Gasteiger partial charge in [0.2, 0.25) is 5.91 Å². The molecule has 0 aliphatic heterocycles. The second-order valence-electron chi connectivity index (χ2n) is 11.6. The van der Waals surface area contributed by atoms with Gasteiger partial charge in [-0.25, -0.2) is 0 Å². The van der Waals surface area contributed by atoms with Crippen molar-refractivity contribution in [2.45, 2.75) is 89.6 Å². The van der Waals surface area contributed by atoms with Gasteiger partial charge in [0.05, 0.1) is 0 Å². The third-order valence-corrected chi connectivity index (χ3v) is 9.30. The maximum Gasteiger partial charge on any atom is 0.221 e. The van der Waals surface area contributed by atoms with Crippen molar-refractivity contribution in [2.75, 3.05) is 6.54 Å². The van der Waals surface area contributed by atoms with E-state index in [0.29, 0.717) is 12.3 Å². The second kappa shape index (κ2) is 12.2. The highest BCUT2D eigenvalue weighted by atomic mass is 79.9. The summed E-state index contributed by atoms with van der Waals surface area (Å²) in [7, 11) is 0. The summed E-state index contributed by atoms with van der Waals surface area (Å²) in [4.78, 5) is 13.5. The molecule has 1 aromatic heterocycles. The number of amides is 1. The van der Waals surface area contributed by atoms with E-state index in [9.17, 15) is 4.79 Å². The van der Waals surface area contributed by atoms with Crippen molar-refractivity contribution < 1.29 is 4.79 Å². The first-order chi connectivity index (χ1) is 18.0. The number of aromatic nitrogens is 1. The monoisotopic (exact) mass is 563 g/mol. The Bertz CT molecular complexity index is 1200.